The van der Waals surface area contributed by atoms with E-state index in [1.807, 2.05) is 22.6 Å². The molecule has 5 heteroatoms. The number of hydrogen-bond donors (Lipinski definition) is 2. The number of hydrogen-bond acceptors (Lipinski definition) is 2. The number of rotatable bonds is 3. The van der Waals surface area contributed by atoms with Gasteiger partial charge in [0.15, 0.2) is 0 Å². The summed E-state index contributed by atoms with van der Waals surface area (Å²) in [4.78, 5) is 22.8. The van der Waals surface area contributed by atoms with Crippen LogP contribution in [0, 0.1) is 0 Å². The first-order valence-electron chi connectivity index (χ1n) is 4.07. The Balaban J connectivity index is 3.59. The topological polar surface area (TPSA) is 65.7 Å². The van der Waals surface area contributed by atoms with Gasteiger partial charge in [-0.25, -0.2) is 0 Å². The average molecular weight is 316 g/mol. The second-order valence-electron chi connectivity index (χ2n) is 2.67. The number of aromatic nitrogens is 2. The molecule has 0 unspecified atom stereocenters. The van der Waals surface area contributed by atoms with Gasteiger partial charge < -0.3 is 0 Å². The van der Waals surface area contributed by atoms with Gasteiger partial charge in [-0.3, -0.25) is 19.8 Å². The highest BCUT2D eigenvalue weighted by atomic mass is 127. The van der Waals surface area contributed by atoms with Gasteiger partial charge in [-0.2, -0.15) is 0 Å². The lowest BCUT2D eigenvalue weighted by Crippen LogP contribution is -2.23. The Kier molecular flexibility index (Phi) is 3.84. The van der Waals surface area contributed by atoms with Crippen molar-refractivity contribution in [3.63, 3.8) is 0 Å². The third-order valence-electron chi connectivity index (χ3n) is 1.75. The maximum absolute atomic E-state index is 11.4. The third kappa shape index (κ3) is 2.56. The van der Waals surface area contributed by atoms with Gasteiger partial charge in [-0.1, -0.05) is 25.3 Å². The molecule has 1 heterocycles. The highest BCUT2D eigenvalue weighted by Crippen LogP contribution is 2.12. The van der Waals surface area contributed by atoms with Crippen LogP contribution in [0.25, 0.3) is 12.2 Å². The van der Waals surface area contributed by atoms with E-state index >= 15 is 0 Å². The molecule has 0 aliphatic heterocycles. The Hall–Kier alpha value is -1.37. The number of H-pyrrole nitrogens is 2. The lowest BCUT2D eigenvalue weighted by molar-refractivity contribution is 0.942. The Morgan fingerprint density at radius 2 is 1.67 bits per heavy atom. The van der Waals surface area contributed by atoms with Gasteiger partial charge in [-0.15, -0.1) is 0 Å². The largest absolute Gasteiger partial charge is 0.270 e. The summed E-state index contributed by atoms with van der Waals surface area (Å²) in [6.07, 6.45) is 4.53. The maximum atomic E-state index is 11.4. The minimum Gasteiger partial charge on any atom is -0.267 e. The predicted molar refractivity (Wildman–Crippen MR) is 70.0 cm³/mol. The van der Waals surface area contributed by atoms with E-state index in [-0.39, 0.29) is 22.2 Å². The molecule has 78 valence electrons. The summed E-state index contributed by atoms with van der Waals surface area (Å²) in [6.45, 7) is 7.06. The highest BCUT2D eigenvalue weighted by Gasteiger charge is 2.06. The van der Waals surface area contributed by atoms with Crippen molar-refractivity contribution in [2.45, 2.75) is 0 Å². The van der Waals surface area contributed by atoms with Gasteiger partial charge in [0, 0.05) is 3.58 Å². The SMILES string of the molecule is C=C/C(I)=C\c1c(C=C)c(=O)[nH][nH]c1=O. The molecule has 0 fully saturated rings. The van der Waals surface area contributed by atoms with Crippen molar-refractivity contribution >= 4 is 34.7 Å². The molecule has 1 aromatic rings. The van der Waals surface area contributed by atoms with Crippen LogP contribution in [0.15, 0.2) is 32.4 Å². The molecule has 15 heavy (non-hydrogen) atoms. The van der Waals surface area contributed by atoms with Crippen molar-refractivity contribution in [1.82, 2.24) is 10.2 Å². The zero-order valence-electron chi connectivity index (χ0n) is 7.84. The van der Waals surface area contributed by atoms with Gasteiger partial charge in [0.1, 0.15) is 0 Å². The normalized spacial score (nSPS) is 11.1. The van der Waals surface area contributed by atoms with Crippen molar-refractivity contribution in [1.29, 1.82) is 0 Å². The van der Waals surface area contributed by atoms with Gasteiger partial charge in [0.25, 0.3) is 11.1 Å². The molecule has 0 aliphatic carbocycles. The molecule has 0 saturated heterocycles. The highest BCUT2D eigenvalue weighted by molar-refractivity contribution is 14.1. The Bertz CT molecular complexity index is 537. The van der Waals surface area contributed by atoms with Crippen LogP contribution in [0.1, 0.15) is 11.1 Å². The number of aromatic amines is 2. The lowest BCUT2D eigenvalue weighted by Gasteiger charge is -1.98. The van der Waals surface area contributed by atoms with E-state index in [9.17, 15) is 9.59 Å². The predicted octanol–water partition coefficient (Wildman–Crippen LogP) is 1.67. The number of halogens is 1. The smallest absolute Gasteiger partial charge is 0.267 e. The Morgan fingerprint density at radius 1 is 1.13 bits per heavy atom. The zero-order valence-corrected chi connectivity index (χ0v) is 10.00. The fourth-order valence-corrected chi connectivity index (χ4v) is 1.35. The fraction of sp³-hybridized carbons (Fsp3) is 0. The first-order chi connectivity index (χ1) is 7.10. The minimum absolute atomic E-state index is 0.259. The fourth-order valence-electron chi connectivity index (χ4n) is 1.04. The summed E-state index contributed by atoms with van der Waals surface area (Å²) in [5, 5.41) is 4.48. The Labute approximate surface area is 99.5 Å². The molecule has 2 N–H and O–H groups in total. The average Bonchev–Trinajstić information content (AvgIpc) is 2.23. The zero-order chi connectivity index (χ0) is 11.4. The molecule has 1 aromatic heterocycles. The molecular weight excluding hydrogens is 307 g/mol. The first-order valence-corrected chi connectivity index (χ1v) is 5.15. The van der Waals surface area contributed by atoms with Crippen LogP contribution in [-0.4, -0.2) is 10.2 Å². The van der Waals surface area contributed by atoms with Crippen LogP contribution in [0.2, 0.25) is 0 Å². The number of nitrogens with one attached hydrogen (secondary N) is 2. The van der Waals surface area contributed by atoms with Crippen LogP contribution in [-0.2, 0) is 0 Å². The van der Waals surface area contributed by atoms with Crippen LogP contribution < -0.4 is 11.1 Å². The van der Waals surface area contributed by atoms with Crippen LogP contribution in [0.5, 0.6) is 0 Å². The van der Waals surface area contributed by atoms with Gasteiger partial charge in [-0.05, 0) is 28.7 Å². The van der Waals surface area contributed by atoms with Crippen molar-refractivity contribution in [3.05, 3.63) is 54.6 Å². The number of allylic oxidation sites excluding steroid dienone is 2. The van der Waals surface area contributed by atoms with E-state index in [0.29, 0.717) is 0 Å². The van der Waals surface area contributed by atoms with Crippen molar-refractivity contribution in [2.75, 3.05) is 0 Å². The molecule has 0 bridgehead atoms. The monoisotopic (exact) mass is 316 g/mol. The van der Waals surface area contributed by atoms with E-state index in [1.165, 1.54) is 6.08 Å². The standard InChI is InChI=1S/C10H9IN2O2/c1-3-6(11)5-8-7(4-2)9(14)12-13-10(8)15/h3-5H,1-2H2,(H,12,14)(H,13,15)/b6-5+. The summed E-state index contributed by atoms with van der Waals surface area (Å²) in [5.74, 6) is 0. The molecule has 0 amide bonds. The molecule has 0 aromatic carbocycles. The van der Waals surface area contributed by atoms with Gasteiger partial charge in [0.2, 0.25) is 0 Å². The molecule has 0 spiro atoms. The summed E-state index contributed by atoms with van der Waals surface area (Å²) in [7, 11) is 0. The van der Waals surface area contributed by atoms with E-state index in [1.54, 1.807) is 12.2 Å². The van der Waals surface area contributed by atoms with E-state index in [2.05, 4.69) is 23.4 Å². The maximum Gasteiger partial charge on any atom is 0.270 e. The second kappa shape index (κ2) is 4.92. The third-order valence-corrected chi connectivity index (χ3v) is 2.50. The summed E-state index contributed by atoms with van der Waals surface area (Å²) in [5.41, 5.74) is -0.183. The van der Waals surface area contributed by atoms with Gasteiger partial charge in [0.05, 0.1) is 11.1 Å². The van der Waals surface area contributed by atoms with Crippen LogP contribution >= 0.6 is 22.6 Å². The molecule has 4 nitrogen and oxygen atoms in total. The summed E-state index contributed by atoms with van der Waals surface area (Å²) >= 11 is 2.01. The molecule has 0 atom stereocenters. The summed E-state index contributed by atoms with van der Waals surface area (Å²) < 4.78 is 0.770. The summed E-state index contributed by atoms with van der Waals surface area (Å²) in [6, 6.07) is 0. The van der Waals surface area contributed by atoms with Crippen molar-refractivity contribution in [2.24, 2.45) is 0 Å². The van der Waals surface area contributed by atoms with Crippen LogP contribution in [0.3, 0.4) is 0 Å². The van der Waals surface area contributed by atoms with Crippen molar-refractivity contribution in [3.8, 4) is 0 Å². The molecule has 1 rings (SSSR count). The van der Waals surface area contributed by atoms with E-state index < -0.39 is 0 Å². The quantitative estimate of drug-likeness (QED) is 0.658. The second-order valence-corrected chi connectivity index (χ2v) is 3.92. The molecule has 0 radical (unpaired) electrons. The van der Waals surface area contributed by atoms with Crippen molar-refractivity contribution < 1.29 is 0 Å². The molecule has 0 aliphatic rings. The molecular formula is C10H9IN2O2. The van der Waals surface area contributed by atoms with Crippen LogP contribution in [0.4, 0.5) is 0 Å². The van der Waals surface area contributed by atoms with Gasteiger partial charge >= 0.3 is 0 Å². The van der Waals surface area contributed by atoms with E-state index in [4.69, 9.17) is 0 Å². The minimum atomic E-state index is -0.371. The van der Waals surface area contributed by atoms with E-state index in [0.717, 1.165) is 3.58 Å². The molecule has 0 saturated carbocycles. The Morgan fingerprint density at radius 3 is 2.13 bits per heavy atom. The first kappa shape index (κ1) is 11.7. The lowest BCUT2D eigenvalue weighted by atomic mass is 10.1.